The number of anilines is 4. The number of halogens is 2. The summed E-state index contributed by atoms with van der Waals surface area (Å²) in [4.78, 5) is 23.3. The standard InChI is InChI=1S/C24H23F2N5O/c1-16-27-22(15-23(28-16)31-12-2-3-13-31)29-19-6-8-20(9-7-19)30-24(32)11-4-17-14-18(25)5-10-21(17)26/h4-11,14-15H,2-3,12-13H2,1H3,(H,30,32)(H,27,28,29)/b11-4+. The summed E-state index contributed by atoms with van der Waals surface area (Å²) in [6, 6.07) is 12.1. The molecule has 4 rings (SSSR count). The minimum atomic E-state index is -0.598. The second-order valence-corrected chi connectivity index (χ2v) is 7.54. The van der Waals surface area contributed by atoms with Gasteiger partial charge in [-0.2, -0.15) is 0 Å². The van der Waals surface area contributed by atoms with Crippen molar-refractivity contribution in [3.05, 3.63) is 77.6 Å². The Labute approximate surface area is 185 Å². The second-order valence-electron chi connectivity index (χ2n) is 7.54. The molecule has 0 unspecified atom stereocenters. The quantitative estimate of drug-likeness (QED) is 0.530. The first-order valence-corrected chi connectivity index (χ1v) is 10.4. The Balaban J connectivity index is 1.38. The third-order valence-corrected chi connectivity index (χ3v) is 5.05. The van der Waals surface area contributed by atoms with Crippen molar-refractivity contribution in [1.29, 1.82) is 0 Å². The third kappa shape index (κ3) is 5.46. The first kappa shape index (κ1) is 21.4. The van der Waals surface area contributed by atoms with Crippen molar-refractivity contribution in [2.24, 2.45) is 0 Å². The molecule has 6 nitrogen and oxygen atoms in total. The molecule has 0 spiro atoms. The van der Waals surface area contributed by atoms with Crippen LogP contribution in [0.1, 0.15) is 24.2 Å². The number of carbonyl (C=O) groups is 1. The van der Waals surface area contributed by atoms with Crippen LogP contribution in [0.3, 0.4) is 0 Å². The number of amides is 1. The van der Waals surface area contributed by atoms with E-state index in [0.29, 0.717) is 17.3 Å². The van der Waals surface area contributed by atoms with Crippen LogP contribution in [0.2, 0.25) is 0 Å². The van der Waals surface area contributed by atoms with Crippen molar-refractivity contribution in [2.75, 3.05) is 28.6 Å². The number of rotatable bonds is 6. The molecule has 32 heavy (non-hydrogen) atoms. The molecule has 2 aromatic carbocycles. The van der Waals surface area contributed by atoms with Gasteiger partial charge >= 0.3 is 0 Å². The Morgan fingerprint density at radius 3 is 2.47 bits per heavy atom. The van der Waals surface area contributed by atoms with Crippen LogP contribution in [0.4, 0.5) is 31.8 Å². The lowest BCUT2D eigenvalue weighted by Crippen LogP contribution is -2.19. The normalized spacial score (nSPS) is 13.5. The highest BCUT2D eigenvalue weighted by Crippen LogP contribution is 2.23. The fourth-order valence-corrected chi connectivity index (χ4v) is 3.50. The first-order chi connectivity index (χ1) is 15.5. The highest BCUT2D eigenvalue weighted by Gasteiger charge is 2.15. The summed E-state index contributed by atoms with van der Waals surface area (Å²) in [6.07, 6.45) is 4.74. The summed E-state index contributed by atoms with van der Waals surface area (Å²) in [5.41, 5.74) is 1.39. The van der Waals surface area contributed by atoms with Crippen molar-refractivity contribution in [3.63, 3.8) is 0 Å². The van der Waals surface area contributed by atoms with Crippen LogP contribution in [0.5, 0.6) is 0 Å². The monoisotopic (exact) mass is 435 g/mol. The fourth-order valence-electron chi connectivity index (χ4n) is 3.50. The number of nitrogens with zero attached hydrogens (tertiary/aromatic N) is 3. The first-order valence-electron chi connectivity index (χ1n) is 10.4. The zero-order valence-corrected chi connectivity index (χ0v) is 17.6. The Morgan fingerprint density at radius 2 is 1.72 bits per heavy atom. The van der Waals surface area contributed by atoms with Gasteiger partial charge in [-0.05, 0) is 68.3 Å². The lowest BCUT2D eigenvalue weighted by atomic mass is 10.2. The van der Waals surface area contributed by atoms with E-state index in [4.69, 9.17) is 0 Å². The van der Waals surface area contributed by atoms with Gasteiger partial charge in [0.25, 0.3) is 0 Å². The minimum absolute atomic E-state index is 0.00754. The molecule has 3 aromatic rings. The molecular formula is C24H23F2N5O. The number of aromatic nitrogens is 2. The van der Waals surface area contributed by atoms with Gasteiger partial charge in [-0.15, -0.1) is 0 Å². The topological polar surface area (TPSA) is 70.2 Å². The van der Waals surface area contributed by atoms with Gasteiger partial charge in [0.1, 0.15) is 29.1 Å². The molecule has 0 aliphatic carbocycles. The van der Waals surface area contributed by atoms with Crippen molar-refractivity contribution >= 4 is 35.0 Å². The van der Waals surface area contributed by atoms with Gasteiger partial charge < -0.3 is 15.5 Å². The van der Waals surface area contributed by atoms with Crippen molar-refractivity contribution in [3.8, 4) is 0 Å². The fraction of sp³-hybridized carbons (Fsp3) is 0.208. The molecule has 1 fully saturated rings. The number of aryl methyl sites for hydroxylation is 1. The van der Waals surface area contributed by atoms with Crippen LogP contribution in [0.15, 0.2) is 54.6 Å². The summed E-state index contributed by atoms with van der Waals surface area (Å²) in [7, 11) is 0. The molecule has 1 aromatic heterocycles. The molecule has 2 N–H and O–H groups in total. The van der Waals surface area contributed by atoms with Crippen LogP contribution in [0.25, 0.3) is 6.08 Å². The number of benzene rings is 2. The van der Waals surface area contributed by atoms with Crippen molar-refractivity contribution in [2.45, 2.75) is 19.8 Å². The van der Waals surface area contributed by atoms with E-state index >= 15 is 0 Å². The predicted octanol–water partition coefficient (Wildman–Crippen LogP) is 5.06. The Bertz CT molecular complexity index is 1140. The average molecular weight is 435 g/mol. The lowest BCUT2D eigenvalue weighted by molar-refractivity contribution is -0.111. The van der Waals surface area contributed by atoms with E-state index in [-0.39, 0.29) is 5.56 Å². The Kier molecular flexibility index (Phi) is 6.39. The lowest BCUT2D eigenvalue weighted by Gasteiger charge is -2.18. The largest absolute Gasteiger partial charge is 0.356 e. The van der Waals surface area contributed by atoms with Crippen LogP contribution in [-0.2, 0) is 4.79 Å². The minimum Gasteiger partial charge on any atom is -0.356 e. The number of hydrogen-bond acceptors (Lipinski definition) is 5. The van der Waals surface area contributed by atoms with Crippen molar-refractivity contribution in [1.82, 2.24) is 9.97 Å². The third-order valence-electron chi connectivity index (χ3n) is 5.05. The molecule has 1 aliphatic rings. The Hall–Kier alpha value is -3.81. The van der Waals surface area contributed by atoms with E-state index in [1.165, 1.54) is 18.9 Å². The van der Waals surface area contributed by atoms with Crippen LogP contribution >= 0.6 is 0 Å². The van der Waals surface area contributed by atoms with Gasteiger partial charge in [0.2, 0.25) is 5.91 Å². The number of nitrogens with one attached hydrogen (secondary N) is 2. The molecule has 8 heteroatoms. The van der Waals surface area contributed by atoms with E-state index in [1.807, 2.05) is 25.1 Å². The molecule has 1 amide bonds. The molecule has 0 bridgehead atoms. The molecule has 0 radical (unpaired) electrons. The van der Waals surface area contributed by atoms with E-state index in [9.17, 15) is 13.6 Å². The second kappa shape index (κ2) is 9.55. The summed E-state index contributed by atoms with van der Waals surface area (Å²) in [6.45, 7) is 3.88. The molecule has 1 aliphatic heterocycles. The van der Waals surface area contributed by atoms with Gasteiger partial charge in [-0.3, -0.25) is 4.79 Å². The summed E-state index contributed by atoms with van der Waals surface area (Å²) < 4.78 is 26.9. The molecule has 1 saturated heterocycles. The highest BCUT2D eigenvalue weighted by atomic mass is 19.1. The number of carbonyl (C=O) groups excluding carboxylic acids is 1. The Morgan fingerprint density at radius 1 is 1.00 bits per heavy atom. The summed E-state index contributed by atoms with van der Waals surface area (Å²) >= 11 is 0. The SMILES string of the molecule is Cc1nc(Nc2ccc(NC(=O)/C=C/c3cc(F)ccc3F)cc2)cc(N2CCCC2)n1. The van der Waals surface area contributed by atoms with Crippen molar-refractivity contribution < 1.29 is 13.6 Å². The number of hydrogen-bond donors (Lipinski definition) is 2. The predicted molar refractivity (Wildman–Crippen MR) is 122 cm³/mol. The maximum absolute atomic E-state index is 13.6. The zero-order valence-electron chi connectivity index (χ0n) is 17.6. The highest BCUT2D eigenvalue weighted by molar-refractivity contribution is 6.02. The van der Waals surface area contributed by atoms with Gasteiger partial charge in [-0.25, -0.2) is 18.7 Å². The van der Waals surface area contributed by atoms with Crippen LogP contribution in [0, 0.1) is 18.6 Å². The van der Waals surface area contributed by atoms with Gasteiger partial charge in [0.05, 0.1) is 0 Å². The molecule has 0 saturated carbocycles. The van der Waals surface area contributed by atoms with E-state index in [2.05, 4.69) is 25.5 Å². The molecule has 0 atom stereocenters. The maximum Gasteiger partial charge on any atom is 0.248 e. The van der Waals surface area contributed by atoms with E-state index < -0.39 is 17.5 Å². The molecule has 164 valence electrons. The molecule has 2 heterocycles. The van der Waals surface area contributed by atoms with Crippen LogP contribution in [-0.4, -0.2) is 29.0 Å². The summed E-state index contributed by atoms with van der Waals surface area (Å²) in [5, 5.41) is 5.96. The average Bonchev–Trinajstić information content (AvgIpc) is 3.30. The summed E-state index contributed by atoms with van der Waals surface area (Å²) in [5.74, 6) is 0.706. The van der Waals surface area contributed by atoms with E-state index in [1.54, 1.807) is 12.1 Å². The molecular weight excluding hydrogens is 412 g/mol. The zero-order chi connectivity index (χ0) is 22.5. The van der Waals surface area contributed by atoms with E-state index in [0.717, 1.165) is 48.9 Å². The van der Waals surface area contributed by atoms with Gasteiger partial charge in [0, 0.05) is 42.2 Å². The van der Waals surface area contributed by atoms with Gasteiger partial charge in [-0.1, -0.05) is 0 Å². The van der Waals surface area contributed by atoms with Gasteiger partial charge in [0.15, 0.2) is 0 Å². The van der Waals surface area contributed by atoms with Crippen LogP contribution < -0.4 is 15.5 Å². The maximum atomic E-state index is 13.6. The smallest absolute Gasteiger partial charge is 0.248 e.